The van der Waals surface area contributed by atoms with Gasteiger partial charge in [-0.1, -0.05) is 33.1 Å². The lowest BCUT2D eigenvalue weighted by molar-refractivity contribution is 0.0974. The summed E-state index contributed by atoms with van der Waals surface area (Å²) in [6.45, 7) is 4.45. The number of carbonyl (C=O) groups excluding carboxylic acids is 1. The molecule has 0 unspecified atom stereocenters. The summed E-state index contributed by atoms with van der Waals surface area (Å²) in [6, 6.07) is 0. The van der Waals surface area contributed by atoms with E-state index >= 15 is 0 Å². The molecule has 1 atom stereocenters. The van der Waals surface area contributed by atoms with Crippen LogP contribution in [0.1, 0.15) is 56.4 Å². The maximum atomic E-state index is 11.6. The lowest BCUT2D eigenvalue weighted by Crippen LogP contribution is -2.00. The molecule has 0 radical (unpaired) electrons. The Morgan fingerprint density at radius 2 is 2.31 bits per heavy atom. The fourth-order valence-electron chi connectivity index (χ4n) is 1.60. The van der Waals surface area contributed by atoms with Crippen LogP contribution in [0.3, 0.4) is 0 Å². The molecule has 4 heteroatoms. The minimum atomic E-state index is 0.105. The number of H-pyrrole nitrogens is 1. The van der Waals surface area contributed by atoms with Crippen LogP contribution in [0.2, 0.25) is 0 Å². The van der Waals surface area contributed by atoms with Crippen LogP contribution in [0.15, 0.2) is 6.20 Å². The van der Waals surface area contributed by atoms with Crippen LogP contribution in [0.5, 0.6) is 0 Å². The molecule has 4 nitrogen and oxygen atoms in total. The standard InChI is InChI=1S/C12H21N3O/c1-3-9(2)6-4-5-7-11(16)10-8-14-12(13)15-10/h8-9H,3-7H2,1-2H3,(H3,13,14,15)/t9-/m0/s1. The number of carbonyl (C=O) groups is 1. The molecule has 0 aliphatic carbocycles. The third-order valence-electron chi connectivity index (χ3n) is 2.94. The molecule has 0 spiro atoms. The van der Waals surface area contributed by atoms with Gasteiger partial charge in [0.2, 0.25) is 0 Å². The summed E-state index contributed by atoms with van der Waals surface area (Å²) < 4.78 is 0. The van der Waals surface area contributed by atoms with Crippen molar-refractivity contribution in [3.8, 4) is 0 Å². The van der Waals surface area contributed by atoms with Crippen LogP contribution in [-0.4, -0.2) is 15.8 Å². The van der Waals surface area contributed by atoms with Crippen molar-refractivity contribution in [1.82, 2.24) is 9.97 Å². The zero-order valence-electron chi connectivity index (χ0n) is 10.1. The predicted molar refractivity (Wildman–Crippen MR) is 65.3 cm³/mol. The molecule has 0 amide bonds. The van der Waals surface area contributed by atoms with E-state index in [1.54, 1.807) is 0 Å². The van der Waals surface area contributed by atoms with Gasteiger partial charge in [0, 0.05) is 6.42 Å². The molecule has 1 heterocycles. The van der Waals surface area contributed by atoms with Crippen molar-refractivity contribution in [2.75, 3.05) is 5.73 Å². The Bertz CT molecular complexity index is 333. The number of nitrogens with zero attached hydrogens (tertiary/aromatic N) is 1. The summed E-state index contributed by atoms with van der Waals surface area (Å²) in [5.41, 5.74) is 5.94. The second kappa shape index (κ2) is 6.30. The summed E-state index contributed by atoms with van der Waals surface area (Å²) in [6.07, 6.45) is 6.57. The molecule has 0 bridgehead atoms. The molecule has 0 aromatic carbocycles. The molecular weight excluding hydrogens is 202 g/mol. The number of nitrogens with one attached hydrogen (secondary N) is 1. The maximum Gasteiger partial charge on any atom is 0.197 e. The van der Waals surface area contributed by atoms with Gasteiger partial charge in [-0.15, -0.1) is 0 Å². The van der Waals surface area contributed by atoms with Crippen LogP contribution in [0, 0.1) is 5.92 Å². The third-order valence-corrected chi connectivity index (χ3v) is 2.94. The van der Waals surface area contributed by atoms with Crippen LogP contribution in [-0.2, 0) is 0 Å². The van der Waals surface area contributed by atoms with Crippen LogP contribution < -0.4 is 5.73 Å². The number of aromatic nitrogens is 2. The van der Waals surface area contributed by atoms with Gasteiger partial charge < -0.3 is 10.7 Å². The van der Waals surface area contributed by atoms with Crippen molar-refractivity contribution in [2.24, 2.45) is 5.92 Å². The molecule has 90 valence electrons. The summed E-state index contributed by atoms with van der Waals surface area (Å²) in [4.78, 5) is 18.2. The van der Waals surface area contributed by atoms with Crippen molar-refractivity contribution in [2.45, 2.75) is 46.0 Å². The Kier molecular flexibility index (Phi) is 5.02. The maximum absolute atomic E-state index is 11.6. The minimum Gasteiger partial charge on any atom is -0.369 e. The number of aromatic amines is 1. The van der Waals surface area contributed by atoms with E-state index in [0.717, 1.165) is 18.8 Å². The van der Waals surface area contributed by atoms with Gasteiger partial charge in [-0.3, -0.25) is 4.79 Å². The van der Waals surface area contributed by atoms with E-state index in [9.17, 15) is 4.79 Å². The average molecular weight is 223 g/mol. The number of nitrogens with two attached hydrogens (primary N) is 1. The molecule has 0 aliphatic rings. The van der Waals surface area contributed by atoms with E-state index in [1.165, 1.54) is 19.0 Å². The van der Waals surface area contributed by atoms with Crippen LogP contribution in [0.4, 0.5) is 5.95 Å². The van der Waals surface area contributed by atoms with Crippen molar-refractivity contribution in [3.63, 3.8) is 0 Å². The normalized spacial score (nSPS) is 12.6. The lowest BCUT2D eigenvalue weighted by atomic mass is 10.00. The Morgan fingerprint density at radius 3 is 2.88 bits per heavy atom. The van der Waals surface area contributed by atoms with Gasteiger partial charge in [-0.2, -0.15) is 0 Å². The zero-order chi connectivity index (χ0) is 12.0. The smallest absolute Gasteiger partial charge is 0.197 e. The summed E-state index contributed by atoms with van der Waals surface area (Å²) in [5.74, 6) is 1.18. The molecule has 0 saturated heterocycles. The summed E-state index contributed by atoms with van der Waals surface area (Å²) in [7, 11) is 0. The van der Waals surface area contributed by atoms with Gasteiger partial charge in [-0.05, 0) is 12.3 Å². The highest BCUT2D eigenvalue weighted by Gasteiger charge is 2.08. The van der Waals surface area contributed by atoms with Crippen molar-refractivity contribution < 1.29 is 4.79 Å². The van der Waals surface area contributed by atoms with Gasteiger partial charge in [0.05, 0.1) is 6.20 Å². The van der Waals surface area contributed by atoms with E-state index in [4.69, 9.17) is 5.73 Å². The van der Waals surface area contributed by atoms with Gasteiger partial charge in [0.1, 0.15) is 5.69 Å². The van der Waals surface area contributed by atoms with E-state index in [0.29, 0.717) is 18.1 Å². The quantitative estimate of drug-likeness (QED) is 0.551. The average Bonchev–Trinajstić information content (AvgIpc) is 2.70. The Morgan fingerprint density at radius 1 is 1.56 bits per heavy atom. The first-order valence-corrected chi connectivity index (χ1v) is 5.97. The highest BCUT2D eigenvalue weighted by molar-refractivity contribution is 5.94. The molecule has 0 saturated carbocycles. The molecule has 3 N–H and O–H groups in total. The Balaban J connectivity index is 2.21. The number of imidazole rings is 1. The number of anilines is 1. The number of unbranched alkanes of at least 4 members (excludes halogenated alkanes) is 1. The van der Waals surface area contributed by atoms with Crippen LogP contribution >= 0.6 is 0 Å². The van der Waals surface area contributed by atoms with Crippen LogP contribution in [0.25, 0.3) is 0 Å². The topological polar surface area (TPSA) is 71.8 Å². The number of hydrogen-bond acceptors (Lipinski definition) is 3. The largest absolute Gasteiger partial charge is 0.369 e. The van der Waals surface area contributed by atoms with Crippen molar-refractivity contribution in [3.05, 3.63) is 11.9 Å². The first-order chi connectivity index (χ1) is 7.63. The summed E-state index contributed by atoms with van der Waals surface area (Å²) >= 11 is 0. The molecular formula is C12H21N3O. The molecule has 0 fully saturated rings. The van der Waals surface area contributed by atoms with E-state index < -0.39 is 0 Å². The first-order valence-electron chi connectivity index (χ1n) is 5.97. The van der Waals surface area contributed by atoms with Crippen molar-refractivity contribution in [1.29, 1.82) is 0 Å². The van der Waals surface area contributed by atoms with E-state index in [1.807, 2.05) is 0 Å². The SMILES string of the molecule is CC[C@H](C)CCCCC(=O)c1cnc(N)[nH]1. The Labute approximate surface area is 96.6 Å². The minimum absolute atomic E-state index is 0.105. The van der Waals surface area contributed by atoms with E-state index in [2.05, 4.69) is 23.8 Å². The second-order valence-electron chi connectivity index (χ2n) is 4.36. The molecule has 0 aliphatic heterocycles. The zero-order valence-corrected chi connectivity index (χ0v) is 10.1. The number of rotatable bonds is 7. The van der Waals surface area contributed by atoms with E-state index in [-0.39, 0.29) is 5.78 Å². The number of ketones is 1. The fraction of sp³-hybridized carbons (Fsp3) is 0.667. The fourth-order valence-corrected chi connectivity index (χ4v) is 1.60. The molecule has 1 aromatic heterocycles. The molecule has 1 aromatic rings. The predicted octanol–water partition coefficient (Wildman–Crippen LogP) is 2.78. The monoisotopic (exact) mass is 223 g/mol. The van der Waals surface area contributed by atoms with Gasteiger partial charge in [-0.25, -0.2) is 4.98 Å². The number of nitrogen functional groups attached to an aromatic ring is 1. The van der Waals surface area contributed by atoms with Gasteiger partial charge >= 0.3 is 0 Å². The second-order valence-corrected chi connectivity index (χ2v) is 4.36. The summed E-state index contributed by atoms with van der Waals surface area (Å²) in [5, 5.41) is 0. The first kappa shape index (κ1) is 12.7. The highest BCUT2D eigenvalue weighted by Crippen LogP contribution is 2.13. The Hall–Kier alpha value is -1.32. The van der Waals surface area contributed by atoms with Gasteiger partial charge in [0.25, 0.3) is 0 Å². The molecule has 16 heavy (non-hydrogen) atoms. The number of Topliss-reactive ketones (excluding diaryl/α,β-unsaturated/α-hetero) is 1. The lowest BCUT2D eigenvalue weighted by Gasteiger charge is -2.06. The third kappa shape index (κ3) is 4.04. The van der Waals surface area contributed by atoms with Gasteiger partial charge in [0.15, 0.2) is 11.7 Å². The number of hydrogen-bond donors (Lipinski definition) is 2. The highest BCUT2D eigenvalue weighted by atomic mass is 16.1. The van der Waals surface area contributed by atoms with Crippen molar-refractivity contribution >= 4 is 11.7 Å². The molecule has 1 rings (SSSR count).